The zero-order valence-electron chi connectivity index (χ0n) is 4.87. The molecule has 6 heteroatoms. The summed E-state index contributed by atoms with van der Waals surface area (Å²) >= 11 is 4.30. The molecule has 1 aromatic rings. The van der Waals surface area contributed by atoms with Gasteiger partial charge in [0.05, 0.1) is 5.33 Å². The van der Waals surface area contributed by atoms with Crippen LogP contribution in [0.5, 0.6) is 0 Å². The Morgan fingerprint density at radius 3 is 3.20 bits per heavy atom. The third-order valence-electron chi connectivity index (χ3n) is 0.728. The Labute approximate surface area is 69.8 Å². The minimum Gasteiger partial charge on any atom is -0.300 e. The Hall–Kier alpha value is -0.490. The zero-order valence-corrected chi connectivity index (χ0v) is 7.28. The minimum absolute atomic E-state index is 0.114. The second-order valence-electron chi connectivity index (χ2n) is 1.43. The smallest absolute Gasteiger partial charge is 0.236 e. The Morgan fingerprint density at radius 2 is 2.70 bits per heavy atom. The number of carbonyl (C=O) groups excluding carboxylic acids is 1. The number of hydrogen-bond acceptors (Lipinski definition) is 4. The van der Waals surface area contributed by atoms with Crippen molar-refractivity contribution in [2.75, 3.05) is 10.6 Å². The van der Waals surface area contributed by atoms with Gasteiger partial charge in [-0.25, -0.2) is 0 Å². The van der Waals surface area contributed by atoms with Gasteiger partial charge in [-0.05, 0) is 0 Å². The van der Waals surface area contributed by atoms with E-state index in [0.29, 0.717) is 5.13 Å². The molecule has 54 valence electrons. The SMILES string of the molecule is O=C(CBr)Nc1nncs1. The van der Waals surface area contributed by atoms with Crippen molar-refractivity contribution >= 4 is 38.3 Å². The second kappa shape index (κ2) is 3.62. The van der Waals surface area contributed by atoms with Crippen LogP contribution in [0.15, 0.2) is 5.51 Å². The van der Waals surface area contributed by atoms with Crippen LogP contribution in [-0.2, 0) is 4.79 Å². The fourth-order valence-electron chi connectivity index (χ4n) is 0.380. The molecule has 0 atom stereocenters. The highest BCUT2D eigenvalue weighted by atomic mass is 79.9. The van der Waals surface area contributed by atoms with Crippen molar-refractivity contribution in [3.05, 3.63) is 5.51 Å². The van der Waals surface area contributed by atoms with Gasteiger partial charge in [-0.1, -0.05) is 27.3 Å². The quantitative estimate of drug-likeness (QED) is 0.755. The molecule has 0 aliphatic carbocycles. The van der Waals surface area contributed by atoms with E-state index in [2.05, 4.69) is 31.4 Å². The molecule has 1 heterocycles. The fourth-order valence-corrected chi connectivity index (χ4v) is 0.982. The van der Waals surface area contributed by atoms with Gasteiger partial charge in [0.15, 0.2) is 0 Å². The van der Waals surface area contributed by atoms with Crippen LogP contribution in [0.25, 0.3) is 0 Å². The number of nitrogens with one attached hydrogen (secondary N) is 1. The fraction of sp³-hybridized carbons (Fsp3) is 0.250. The largest absolute Gasteiger partial charge is 0.300 e. The average Bonchev–Trinajstić information content (AvgIpc) is 2.40. The van der Waals surface area contributed by atoms with Gasteiger partial charge in [0.2, 0.25) is 11.0 Å². The standard InChI is InChI=1S/C4H4BrN3OS/c5-1-3(9)7-4-8-6-2-10-4/h2H,1H2,(H,7,8,9). The number of halogens is 1. The molecule has 0 saturated heterocycles. The lowest BCUT2D eigenvalue weighted by Crippen LogP contribution is -2.11. The first-order chi connectivity index (χ1) is 4.83. The van der Waals surface area contributed by atoms with Crippen LogP contribution in [0, 0.1) is 0 Å². The van der Waals surface area contributed by atoms with Crippen LogP contribution in [0.1, 0.15) is 0 Å². The van der Waals surface area contributed by atoms with Gasteiger partial charge >= 0.3 is 0 Å². The van der Waals surface area contributed by atoms with Crippen LogP contribution in [0.2, 0.25) is 0 Å². The molecular formula is C4H4BrN3OS. The maximum Gasteiger partial charge on any atom is 0.236 e. The van der Waals surface area contributed by atoms with Gasteiger partial charge in [-0.15, -0.1) is 10.2 Å². The van der Waals surface area contributed by atoms with E-state index in [1.54, 1.807) is 5.51 Å². The van der Waals surface area contributed by atoms with Gasteiger partial charge in [0.25, 0.3) is 0 Å². The summed E-state index contributed by atoms with van der Waals surface area (Å²) in [5.74, 6) is -0.114. The van der Waals surface area contributed by atoms with Crippen molar-refractivity contribution in [3.8, 4) is 0 Å². The molecule has 4 nitrogen and oxygen atoms in total. The summed E-state index contributed by atoms with van der Waals surface area (Å²) in [5.41, 5.74) is 1.56. The molecule has 0 fully saturated rings. The monoisotopic (exact) mass is 221 g/mol. The number of carbonyl (C=O) groups is 1. The topological polar surface area (TPSA) is 54.9 Å². The number of anilines is 1. The summed E-state index contributed by atoms with van der Waals surface area (Å²) in [4.78, 5) is 10.7. The lowest BCUT2D eigenvalue weighted by Gasteiger charge is -1.92. The lowest BCUT2D eigenvalue weighted by atomic mass is 10.7. The molecule has 1 rings (SSSR count). The first-order valence-electron chi connectivity index (χ1n) is 2.45. The van der Waals surface area contributed by atoms with Crippen LogP contribution in [0.4, 0.5) is 5.13 Å². The van der Waals surface area contributed by atoms with Gasteiger partial charge in [0.1, 0.15) is 5.51 Å². The van der Waals surface area contributed by atoms with E-state index >= 15 is 0 Å². The predicted octanol–water partition coefficient (Wildman–Crippen LogP) is 0.871. The van der Waals surface area contributed by atoms with Gasteiger partial charge < -0.3 is 0 Å². The molecule has 0 unspecified atom stereocenters. The highest BCUT2D eigenvalue weighted by Gasteiger charge is 2.00. The first kappa shape index (κ1) is 7.62. The highest BCUT2D eigenvalue weighted by Crippen LogP contribution is 2.07. The first-order valence-corrected chi connectivity index (χ1v) is 4.45. The van der Waals surface area contributed by atoms with Gasteiger partial charge in [-0.3, -0.25) is 10.1 Å². The van der Waals surface area contributed by atoms with E-state index in [1.807, 2.05) is 0 Å². The second-order valence-corrected chi connectivity index (χ2v) is 2.82. The Kier molecular flexibility index (Phi) is 2.76. The van der Waals surface area contributed by atoms with Crippen molar-refractivity contribution in [2.45, 2.75) is 0 Å². The summed E-state index contributed by atoms with van der Waals surface area (Å²) < 4.78 is 0. The summed E-state index contributed by atoms with van der Waals surface area (Å²) in [7, 11) is 0. The maximum absolute atomic E-state index is 10.7. The van der Waals surface area contributed by atoms with E-state index in [1.165, 1.54) is 11.3 Å². The molecule has 1 aromatic heterocycles. The van der Waals surface area contributed by atoms with Crippen LogP contribution >= 0.6 is 27.3 Å². The third kappa shape index (κ3) is 2.03. The van der Waals surface area contributed by atoms with Crippen molar-refractivity contribution in [1.29, 1.82) is 0 Å². The molecule has 0 aromatic carbocycles. The van der Waals surface area contributed by atoms with Crippen molar-refractivity contribution in [3.63, 3.8) is 0 Å². The maximum atomic E-state index is 10.7. The molecule has 1 N–H and O–H groups in total. The van der Waals surface area contributed by atoms with E-state index in [0.717, 1.165) is 0 Å². The van der Waals surface area contributed by atoms with E-state index in [4.69, 9.17) is 0 Å². The number of aromatic nitrogens is 2. The van der Waals surface area contributed by atoms with Gasteiger partial charge in [-0.2, -0.15) is 0 Å². The number of nitrogens with zero attached hydrogens (tertiary/aromatic N) is 2. The molecule has 0 bridgehead atoms. The zero-order chi connectivity index (χ0) is 7.40. The molecule has 0 aliphatic heterocycles. The third-order valence-corrected chi connectivity index (χ3v) is 1.84. The van der Waals surface area contributed by atoms with Crippen molar-refractivity contribution in [2.24, 2.45) is 0 Å². The van der Waals surface area contributed by atoms with Gasteiger partial charge in [0, 0.05) is 0 Å². The van der Waals surface area contributed by atoms with Crippen LogP contribution in [0.3, 0.4) is 0 Å². The summed E-state index contributed by atoms with van der Waals surface area (Å²) in [6.45, 7) is 0. The van der Waals surface area contributed by atoms with Crippen LogP contribution in [-0.4, -0.2) is 21.4 Å². The molecule has 0 aliphatic rings. The summed E-state index contributed by atoms with van der Waals surface area (Å²) in [6, 6.07) is 0. The summed E-state index contributed by atoms with van der Waals surface area (Å²) in [6.07, 6.45) is 0. The normalized spacial score (nSPS) is 9.30. The van der Waals surface area contributed by atoms with E-state index in [-0.39, 0.29) is 11.2 Å². The van der Waals surface area contributed by atoms with Crippen molar-refractivity contribution in [1.82, 2.24) is 10.2 Å². The number of amides is 1. The molecule has 0 saturated carbocycles. The number of alkyl halides is 1. The average molecular weight is 222 g/mol. The van der Waals surface area contributed by atoms with E-state index in [9.17, 15) is 4.79 Å². The highest BCUT2D eigenvalue weighted by molar-refractivity contribution is 9.09. The number of rotatable bonds is 2. The summed E-state index contributed by atoms with van der Waals surface area (Å²) in [5, 5.41) is 10.5. The molecule has 0 radical (unpaired) electrons. The van der Waals surface area contributed by atoms with Crippen LogP contribution < -0.4 is 5.32 Å². The minimum atomic E-state index is -0.114. The van der Waals surface area contributed by atoms with E-state index < -0.39 is 0 Å². The predicted molar refractivity (Wildman–Crippen MR) is 42.3 cm³/mol. The molecule has 1 amide bonds. The molecule has 0 spiro atoms. The Morgan fingerprint density at radius 1 is 1.90 bits per heavy atom. The molecule has 10 heavy (non-hydrogen) atoms. The number of hydrogen-bond donors (Lipinski definition) is 1. The molecular weight excluding hydrogens is 218 g/mol. The lowest BCUT2D eigenvalue weighted by molar-refractivity contribution is -0.113. The van der Waals surface area contributed by atoms with Crippen molar-refractivity contribution < 1.29 is 4.79 Å². The Bertz CT molecular complexity index is 212. The Balaban J connectivity index is 2.48.